The molecule has 7 heteroatoms. The monoisotopic (exact) mass is 230 g/mol. The fourth-order valence-electron chi connectivity index (χ4n) is 1.16. The van der Waals surface area contributed by atoms with Gasteiger partial charge in [-0.3, -0.25) is 4.55 Å². The first-order chi connectivity index (χ1) is 6.48. The summed E-state index contributed by atoms with van der Waals surface area (Å²) >= 11 is 3.95. The van der Waals surface area contributed by atoms with Crippen LogP contribution in [0.1, 0.15) is 0 Å². The molecule has 0 fully saturated rings. The van der Waals surface area contributed by atoms with Gasteiger partial charge in [-0.2, -0.15) is 8.42 Å². The molecule has 2 aromatic rings. The topological polar surface area (TPSA) is 83.0 Å². The molecule has 0 spiro atoms. The Bertz CT molecular complexity index is 588. The highest BCUT2D eigenvalue weighted by atomic mass is 32.2. The Labute approximate surface area is 85.3 Å². The van der Waals surface area contributed by atoms with Crippen molar-refractivity contribution in [3.63, 3.8) is 0 Å². The summed E-state index contributed by atoms with van der Waals surface area (Å²) in [5, 5.41) is 0. The smallest absolute Gasteiger partial charge is 0.295 e. The number of aromatic nitrogens is 2. The van der Waals surface area contributed by atoms with Gasteiger partial charge in [-0.15, -0.1) is 12.6 Å². The average molecular weight is 230 g/mol. The number of thiol groups is 1. The molecule has 0 aliphatic carbocycles. The molecule has 0 atom stereocenters. The van der Waals surface area contributed by atoms with E-state index in [2.05, 4.69) is 22.6 Å². The Balaban J connectivity index is 2.84. The van der Waals surface area contributed by atoms with Gasteiger partial charge < -0.3 is 4.98 Å². The van der Waals surface area contributed by atoms with E-state index in [-0.39, 0.29) is 9.79 Å². The summed E-state index contributed by atoms with van der Waals surface area (Å²) in [5.41, 5.74) is 1.14. The number of hydrogen-bond acceptors (Lipinski definition) is 4. The number of hydrogen-bond donors (Lipinski definition) is 3. The lowest BCUT2D eigenvalue weighted by atomic mass is 10.3. The zero-order valence-electron chi connectivity index (χ0n) is 6.80. The summed E-state index contributed by atoms with van der Waals surface area (Å²) in [7, 11) is -4.23. The third kappa shape index (κ3) is 1.49. The maximum absolute atomic E-state index is 10.9. The maximum Gasteiger partial charge on any atom is 0.295 e. The Hall–Kier alpha value is -1.05. The van der Waals surface area contributed by atoms with Crippen LogP contribution in [-0.4, -0.2) is 22.9 Å². The quantitative estimate of drug-likeness (QED) is 0.506. The van der Waals surface area contributed by atoms with Crippen molar-refractivity contribution in [1.29, 1.82) is 0 Å². The van der Waals surface area contributed by atoms with Gasteiger partial charge in [0.25, 0.3) is 10.1 Å². The van der Waals surface area contributed by atoms with Crippen molar-refractivity contribution in [1.82, 2.24) is 9.97 Å². The highest BCUT2D eigenvalue weighted by Crippen LogP contribution is 2.23. The second kappa shape index (κ2) is 2.97. The van der Waals surface area contributed by atoms with Crippen LogP contribution in [0.25, 0.3) is 11.0 Å². The fourth-order valence-corrected chi connectivity index (χ4v) is 2.28. The number of fused-ring (bicyclic) bond motifs is 1. The lowest BCUT2D eigenvalue weighted by molar-refractivity contribution is 0.481. The molecule has 1 aromatic heterocycles. The second-order valence-corrected chi connectivity index (χ2v) is 4.59. The molecule has 2 N–H and O–H groups in total. The van der Waals surface area contributed by atoms with Gasteiger partial charge in [-0.05, 0) is 12.1 Å². The highest BCUT2D eigenvalue weighted by Gasteiger charge is 2.15. The molecule has 0 saturated carbocycles. The van der Waals surface area contributed by atoms with Crippen molar-refractivity contribution in [2.75, 3.05) is 0 Å². The number of nitrogens with one attached hydrogen (secondary N) is 1. The van der Waals surface area contributed by atoms with Gasteiger partial charge in [0.05, 0.1) is 17.4 Å². The SMILES string of the molecule is O=S(=O)(O)c1cc2[nH]cnc2cc1S. The van der Waals surface area contributed by atoms with Crippen LogP contribution in [0.3, 0.4) is 0 Å². The van der Waals surface area contributed by atoms with Gasteiger partial charge in [0.15, 0.2) is 0 Å². The third-order valence-electron chi connectivity index (χ3n) is 1.78. The van der Waals surface area contributed by atoms with Gasteiger partial charge in [-0.1, -0.05) is 0 Å². The third-order valence-corrected chi connectivity index (χ3v) is 3.19. The van der Waals surface area contributed by atoms with Gasteiger partial charge in [0, 0.05) is 4.90 Å². The van der Waals surface area contributed by atoms with E-state index < -0.39 is 10.1 Å². The maximum atomic E-state index is 10.9. The van der Waals surface area contributed by atoms with Crippen LogP contribution in [0.5, 0.6) is 0 Å². The lowest BCUT2D eigenvalue weighted by Crippen LogP contribution is -1.99. The van der Waals surface area contributed by atoms with E-state index in [4.69, 9.17) is 4.55 Å². The van der Waals surface area contributed by atoms with E-state index in [1.807, 2.05) is 0 Å². The molecule has 0 bridgehead atoms. The van der Waals surface area contributed by atoms with Gasteiger partial charge in [-0.25, -0.2) is 4.98 Å². The second-order valence-electron chi connectivity index (χ2n) is 2.71. The van der Waals surface area contributed by atoms with Crippen LogP contribution in [0.15, 0.2) is 28.3 Å². The van der Waals surface area contributed by atoms with E-state index in [9.17, 15) is 8.42 Å². The van der Waals surface area contributed by atoms with Crippen molar-refractivity contribution in [2.24, 2.45) is 0 Å². The number of benzene rings is 1. The van der Waals surface area contributed by atoms with E-state index in [0.29, 0.717) is 11.0 Å². The summed E-state index contributed by atoms with van der Waals surface area (Å²) in [5.74, 6) is 0. The van der Waals surface area contributed by atoms with E-state index in [1.54, 1.807) is 0 Å². The number of rotatable bonds is 1. The first-order valence-corrected chi connectivity index (χ1v) is 5.51. The lowest BCUT2D eigenvalue weighted by Gasteiger charge is -2.00. The van der Waals surface area contributed by atoms with Crippen LogP contribution in [-0.2, 0) is 10.1 Å². The number of H-pyrrole nitrogens is 1. The molecule has 0 amide bonds. The predicted molar refractivity (Wildman–Crippen MR) is 53.2 cm³/mol. The molecule has 0 aliphatic heterocycles. The van der Waals surface area contributed by atoms with Crippen molar-refractivity contribution in [3.8, 4) is 0 Å². The molecule has 74 valence electrons. The minimum Gasteiger partial charge on any atom is -0.345 e. The molecule has 0 aliphatic rings. The Kier molecular flexibility index (Phi) is 2.02. The Morgan fingerprint density at radius 2 is 2.14 bits per heavy atom. The summed E-state index contributed by atoms with van der Waals surface area (Å²) in [4.78, 5) is 6.61. The van der Waals surface area contributed by atoms with Gasteiger partial charge >= 0.3 is 0 Å². The number of imidazole rings is 1. The first kappa shape index (κ1) is 9.50. The molecule has 1 heterocycles. The molecule has 14 heavy (non-hydrogen) atoms. The summed E-state index contributed by atoms with van der Waals surface area (Å²) in [6, 6.07) is 2.76. The summed E-state index contributed by atoms with van der Waals surface area (Å²) < 4.78 is 30.6. The highest BCUT2D eigenvalue weighted by molar-refractivity contribution is 7.87. The van der Waals surface area contributed by atoms with Crippen molar-refractivity contribution < 1.29 is 13.0 Å². The molecular weight excluding hydrogens is 224 g/mol. The van der Waals surface area contributed by atoms with Crippen LogP contribution in [0, 0.1) is 0 Å². The normalized spacial score (nSPS) is 12.1. The van der Waals surface area contributed by atoms with E-state index in [0.717, 1.165) is 0 Å². The molecule has 0 radical (unpaired) electrons. The Morgan fingerprint density at radius 3 is 2.79 bits per heavy atom. The molecule has 2 rings (SSSR count). The van der Waals surface area contributed by atoms with E-state index >= 15 is 0 Å². The molecule has 0 saturated heterocycles. The molecule has 5 nitrogen and oxygen atoms in total. The molecular formula is C7H6N2O3S2. The zero-order chi connectivity index (χ0) is 10.3. The van der Waals surface area contributed by atoms with Crippen molar-refractivity contribution in [2.45, 2.75) is 9.79 Å². The van der Waals surface area contributed by atoms with Gasteiger partial charge in [0.2, 0.25) is 0 Å². The van der Waals surface area contributed by atoms with Crippen LogP contribution >= 0.6 is 12.6 Å². The number of aromatic amines is 1. The standard InChI is InChI=1S/C7H6N2O3S2/c10-14(11,12)7-2-5-4(1-6(7)13)8-3-9-5/h1-3,13H,(H,8,9)(H,10,11,12). The average Bonchev–Trinajstić information content (AvgIpc) is 2.47. The first-order valence-electron chi connectivity index (χ1n) is 3.62. The summed E-state index contributed by atoms with van der Waals surface area (Å²) in [6.07, 6.45) is 1.44. The van der Waals surface area contributed by atoms with Crippen molar-refractivity contribution >= 4 is 33.8 Å². The van der Waals surface area contributed by atoms with Crippen LogP contribution in [0.4, 0.5) is 0 Å². The van der Waals surface area contributed by atoms with E-state index in [1.165, 1.54) is 18.5 Å². The predicted octanol–water partition coefficient (Wildman–Crippen LogP) is 1.10. The molecule has 1 aromatic carbocycles. The number of nitrogens with zero attached hydrogens (tertiary/aromatic N) is 1. The Morgan fingerprint density at radius 1 is 1.43 bits per heavy atom. The fraction of sp³-hybridized carbons (Fsp3) is 0. The molecule has 0 unspecified atom stereocenters. The van der Waals surface area contributed by atoms with Gasteiger partial charge in [0.1, 0.15) is 4.90 Å². The zero-order valence-corrected chi connectivity index (χ0v) is 8.51. The van der Waals surface area contributed by atoms with Crippen LogP contribution < -0.4 is 0 Å². The minimum atomic E-state index is -4.23. The largest absolute Gasteiger partial charge is 0.345 e. The van der Waals surface area contributed by atoms with Crippen molar-refractivity contribution in [3.05, 3.63) is 18.5 Å². The van der Waals surface area contributed by atoms with Crippen LogP contribution in [0.2, 0.25) is 0 Å². The minimum absolute atomic E-state index is 0.173. The summed E-state index contributed by atoms with van der Waals surface area (Å²) in [6.45, 7) is 0.